The van der Waals surface area contributed by atoms with Crippen molar-refractivity contribution >= 4 is 22.0 Å². The van der Waals surface area contributed by atoms with Crippen molar-refractivity contribution in [2.45, 2.75) is 113 Å². The number of carbonyl (C=O) groups excluding carboxylic acids is 1. The van der Waals surface area contributed by atoms with Gasteiger partial charge in [-0.05, 0) is 87.4 Å². The van der Waals surface area contributed by atoms with Gasteiger partial charge in [-0.15, -0.1) is 10.2 Å². The highest BCUT2D eigenvalue weighted by molar-refractivity contribution is 9.10. The summed E-state index contributed by atoms with van der Waals surface area (Å²) in [6.07, 6.45) is 4.16. The number of hydrogen-bond acceptors (Lipinski definition) is 10. The minimum absolute atomic E-state index is 0.0229. The Morgan fingerprint density at radius 1 is 1.09 bits per heavy atom. The molecule has 0 spiro atoms. The highest BCUT2D eigenvalue weighted by Gasteiger charge is 2.52. The Balaban J connectivity index is 1.18. The van der Waals surface area contributed by atoms with E-state index in [4.69, 9.17) is 14.2 Å². The summed E-state index contributed by atoms with van der Waals surface area (Å²) in [4.78, 5) is 12.5. The third kappa shape index (κ3) is 6.54. The number of rotatable bonds is 8. The number of hydrogen-bond donors (Lipinski definition) is 3. The molecule has 2 bridgehead atoms. The van der Waals surface area contributed by atoms with Gasteiger partial charge in [0.1, 0.15) is 41.8 Å². The first-order chi connectivity index (χ1) is 22.3. The second kappa shape index (κ2) is 12.8. The largest absolute Gasteiger partial charge is 0.444 e. The van der Waals surface area contributed by atoms with Crippen molar-refractivity contribution in [2.75, 3.05) is 13.7 Å². The maximum Gasteiger partial charge on any atom is 0.408 e. The van der Waals surface area contributed by atoms with E-state index in [1.165, 1.54) is 30.1 Å². The fourth-order valence-corrected chi connectivity index (χ4v) is 7.58. The maximum atomic E-state index is 14.7. The van der Waals surface area contributed by atoms with Gasteiger partial charge >= 0.3 is 6.09 Å². The first-order valence-electron chi connectivity index (χ1n) is 15.7. The summed E-state index contributed by atoms with van der Waals surface area (Å²) in [5.74, 6) is -2.14. The molecule has 1 saturated heterocycles. The van der Waals surface area contributed by atoms with Crippen LogP contribution in [0.3, 0.4) is 0 Å². The fourth-order valence-electron chi connectivity index (χ4n) is 7.27. The van der Waals surface area contributed by atoms with Gasteiger partial charge in [0.25, 0.3) is 0 Å². The first-order valence-corrected chi connectivity index (χ1v) is 16.5. The molecule has 2 aromatic heterocycles. The molecule has 3 aliphatic carbocycles. The highest BCUT2D eigenvalue weighted by Crippen LogP contribution is 2.53. The van der Waals surface area contributed by atoms with E-state index in [0.29, 0.717) is 0 Å². The van der Waals surface area contributed by atoms with Gasteiger partial charge in [-0.3, -0.25) is 0 Å². The quantitative estimate of drug-likeness (QED) is 0.292. The molecule has 4 aliphatic rings. The smallest absolute Gasteiger partial charge is 0.408 e. The summed E-state index contributed by atoms with van der Waals surface area (Å²) in [5, 5.41) is 41.5. The summed E-state index contributed by atoms with van der Waals surface area (Å²) in [7, 11) is 1.47. The molecular formula is C31H40BrF2N7O6. The lowest BCUT2D eigenvalue weighted by atomic mass is 9.56. The number of fused-ring (bicyclic) bond motifs is 3. The van der Waals surface area contributed by atoms with Gasteiger partial charge in [0.2, 0.25) is 0 Å². The van der Waals surface area contributed by atoms with Crippen LogP contribution in [0.25, 0.3) is 11.3 Å². The molecule has 4 fully saturated rings. The molecule has 5 atom stereocenters. The molecule has 256 valence electrons. The van der Waals surface area contributed by atoms with Crippen molar-refractivity contribution in [3.05, 3.63) is 46.3 Å². The standard InChI is InChI=1S/C31H40BrF2N7O6/c1-29(2,3)47-28(44)35-31-10-7-30(8-11-31,9-12-31)22-15-40(38-37-22)14-20-27(45-4)25(26(43)21(16-42)46-20)41-13-19(36-39-41)17-5-6-18(32)24(34)23(17)33/h5-6,13,15,20-21,25-27,42-43H,7-12,14,16H2,1-4H3,(H,35,44)/t20-,21-,25+,26+,27+,30?,31?/m1/s1. The van der Waals surface area contributed by atoms with Crippen LogP contribution < -0.4 is 5.32 Å². The highest BCUT2D eigenvalue weighted by atomic mass is 79.9. The lowest BCUT2D eigenvalue weighted by Crippen LogP contribution is -2.58. The molecule has 13 nitrogen and oxygen atoms in total. The molecule has 7 rings (SSSR count). The Hall–Kier alpha value is -3.05. The van der Waals surface area contributed by atoms with E-state index in [9.17, 15) is 23.8 Å². The predicted molar refractivity (Wildman–Crippen MR) is 166 cm³/mol. The molecule has 3 aromatic rings. The van der Waals surface area contributed by atoms with Crippen molar-refractivity contribution in [1.29, 1.82) is 0 Å². The number of amides is 1. The fraction of sp³-hybridized carbons (Fsp3) is 0.645. The van der Waals surface area contributed by atoms with Crippen LogP contribution in [0.5, 0.6) is 0 Å². The van der Waals surface area contributed by atoms with Crippen LogP contribution in [0.4, 0.5) is 13.6 Å². The Kier molecular flexibility index (Phi) is 9.19. The van der Waals surface area contributed by atoms with Crippen molar-refractivity contribution < 1.29 is 38.0 Å². The summed E-state index contributed by atoms with van der Waals surface area (Å²) >= 11 is 2.97. The van der Waals surface area contributed by atoms with E-state index in [2.05, 4.69) is 41.9 Å². The minimum Gasteiger partial charge on any atom is -0.444 e. The second-order valence-electron chi connectivity index (χ2n) is 13.9. The lowest BCUT2D eigenvalue weighted by Gasteiger charge is -2.52. The van der Waals surface area contributed by atoms with E-state index < -0.39 is 54.3 Å². The average Bonchev–Trinajstić information content (AvgIpc) is 3.71. The number of alkyl carbamates (subject to hydrolysis) is 1. The summed E-state index contributed by atoms with van der Waals surface area (Å²) in [5.41, 5.74) is -0.174. The topological polar surface area (TPSA) is 159 Å². The summed E-state index contributed by atoms with van der Waals surface area (Å²) in [6, 6.07) is 1.86. The average molecular weight is 725 g/mol. The summed E-state index contributed by atoms with van der Waals surface area (Å²) < 4.78 is 49.4. The Morgan fingerprint density at radius 2 is 1.79 bits per heavy atom. The number of aliphatic hydroxyl groups is 2. The maximum absolute atomic E-state index is 14.7. The number of carbonyl (C=O) groups is 1. The number of halogens is 3. The van der Waals surface area contributed by atoms with Gasteiger partial charge < -0.3 is 29.7 Å². The Morgan fingerprint density at radius 3 is 2.43 bits per heavy atom. The van der Waals surface area contributed by atoms with Crippen LogP contribution in [0.2, 0.25) is 0 Å². The number of nitrogens with zero attached hydrogens (tertiary/aromatic N) is 6. The molecule has 1 aliphatic heterocycles. The monoisotopic (exact) mass is 723 g/mol. The molecule has 1 aromatic carbocycles. The van der Waals surface area contributed by atoms with E-state index >= 15 is 0 Å². The first kappa shape index (κ1) is 33.8. The SMILES string of the molecule is CO[C@@H]1[C@@H](n2cc(-c3ccc(Br)c(F)c3F)nn2)[C@@H](O)[C@@H](CO)O[C@@H]1Cn1cc(C23CCC(NC(=O)OC(C)(C)C)(CC2)CC3)nn1. The van der Waals surface area contributed by atoms with E-state index in [0.717, 1.165) is 44.2 Å². The molecule has 3 saturated carbocycles. The molecule has 16 heteroatoms. The molecule has 3 N–H and O–H groups in total. The van der Waals surface area contributed by atoms with Crippen molar-refractivity contribution in [3.8, 4) is 11.3 Å². The van der Waals surface area contributed by atoms with E-state index in [1.54, 1.807) is 4.68 Å². The van der Waals surface area contributed by atoms with Crippen LogP contribution in [0.15, 0.2) is 29.0 Å². The van der Waals surface area contributed by atoms with Gasteiger partial charge in [-0.1, -0.05) is 10.4 Å². The van der Waals surface area contributed by atoms with E-state index in [-0.39, 0.29) is 39.3 Å². The number of nitrogens with one attached hydrogen (secondary N) is 1. The number of ether oxygens (including phenoxy) is 3. The lowest BCUT2D eigenvalue weighted by molar-refractivity contribution is -0.216. The van der Waals surface area contributed by atoms with Crippen LogP contribution >= 0.6 is 15.9 Å². The second-order valence-corrected chi connectivity index (χ2v) is 14.8. The molecule has 3 heterocycles. The van der Waals surface area contributed by atoms with Crippen LogP contribution in [-0.4, -0.2) is 95.6 Å². The zero-order valence-electron chi connectivity index (χ0n) is 26.7. The molecule has 0 unspecified atom stereocenters. The summed E-state index contributed by atoms with van der Waals surface area (Å²) in [6.45, 7) is 5.26. The van der Waals surface area contributed by atoms with Gasteiger partial charge in [0.15, 0.2) is 11.6 Å². The van der Waals surface area contributed by atoms with Gasteiger partial charge in [0.05, 0.1) is 29.5 Å². The number of aliphatic hydroxyl groups excluding tert-OH is 2. The Bertz CT molecular complexity index is 1590. The van der Waals surface area contributed by atoms with Crippen LogP contribution in [0.1, 0.15) is 71.0 Å². The molecular weight excluding hydrogens is 684 g/mol. The molecule has 47 heavy (non-hydrogen) atoms. The third-order valence-corrected chi connectivity index (χ3v) is 10.4. The third-order valence-electron chi connectivity index (χ3n) is 9.82. The number of benzene rings is 1. The number of aromatic nitrogens is 6. The van der Waals surface area contributed by atoms with Crippen molar-refractivity contribution in [3.63, 3.8) is 0 Å². The zero-order valence-corrected chi connectivity index (χ0v) is 28.3. The van der Waals surface area contributed by atoms with Crippen molar-refractivity contribution in [2.24, 2.45) is 0 Å². The van der Waals surface area contributed by atoms with Gasteiger partial charge in [0, 0.05) is 29.8 Å². The van der Waals surface area contributed by atoms with Crippen molar-refractivity contribution in [1.82, 2.24) is 35.3 Å². The minimum atomic E-state index is -1.26. The Labute approximate surface area is 279 Å². The zero-order chi connectivity index (χ0) is 33.7. The van der Waals surface area contributed by atoms with Crippen LogP contribution in [-0.2, 0) is 26.2 Å². The number of methoxy groups -OCH3 is 1. The van der Waals surface area contributed by atoms with Gasteiger partial charge in [-0.2, -0.15) is 0 Å². The predicted octanol–water partition coefficient (Wildman–Crippen LogP) is 3.82. The molecule has 0 radical (unpaired) electrons. The molecule has 1 amide bonds. The van der Waals surface area contributed by atoms with Crippen LogP contribution in [0, 0.1) is 11.6 Å². The van der Waals surface area contributed by atoms with E-state index in [1.807, 2.05) is 27.0 Å². The normalized spacial score (nSPS) is 30.8. The van der Waals surface area contributed by atoms with Gasteiger partial charge in [-0.25, -0.2) is 22.9 Å².